The lowest BCUT2D eigenvalue weighted by molar-refractivity contribution is 0.401. The fourth-order valence-electron chi connectivity index (χ4n) is 2.13. The highest BCUT2D eigenvalue weighted by Crippen LogP contribution is 2.36. The lowest BCUT2D eigenvalue weighted by Gasteiger charge is -2.21. The second-order valence-corrected chi connectivity index (χ2v) is 5.96. The number of hydrogen-bond acceptors (Lipinski definition) is 2. The van der Waals surface area contributed by atoms with Crippen molar-refractivity contribution in [1.82, 2.24) is 5.32 Å². The molecule has 0 saturated carbocycles. The topological polar surface area (TPSA) is 21.3 Å². The Morgan fingerprint density at radius 2 is 1.80 bits per heavy atom. The van der Waals surface area contributed by atoms with Crippen LogP contribution in [-0.4, -0.2) is 14.2 Å². The number of rotatable bonds is 4. The largest absolute Gasteiger partial charge is 0.496 e. The first kappa shape index (κ1) is 15.5. The Labute approximate surface area is 134 Å². The fourth-order valence-corrected chi connectivity index (χ4v) is 3.01. The highest BCUT2D eigenvalue weighted by atomic mass is 79.9. The van der Waals surface area contributed by atoms with Gasteiger partial charge < -0.3 is 10.1 Å². The molecule has 0 aliphatic rings. The summed E-state index contributed by atoms with van der Waals surface area (Å²) in [5.41, 5.74) is 1.93. The van der Waals surface area contributed by atoms with Crippen molar-refractivity contribution in [3.63, 3.8) is 0 Å². The highest BCUT2D eigenvalue weighted by Gasteiger charge is 2.20. The number of halogens is 3. The zero-order valence-corrected chi connectivity index (χ0v) is 14.3. The van der Waals surface area contributed by atoms with Crippen LogP contribution < -0.4 is 10.1 Å². The van der Waals surface area contributed by atoms with Gasteiger partial charge in [0, 0.05) is 16.1 Å². The van der Waals surface area contributed by atoms with Crippen molar-refractivity contribution in [3.05, 3.63) is 62.3 Å². The summed E-state index contributed by atoms with van der Waals surface area (Å²) in [6, 6.07) is 11.0. The van der Waals surface area contributed by atoms with Gasteiger partial charge in [0.2, 0.25) is 0 Å². The van der Waals surface area contributed by atoms with Crippen molar-refractivity contribution in [3.8, 4) is 5.75 Å². The van der Waals surface area contributed by atoms with Crippen molar-refractivity contribution < 1.29 is 9.13 Å². The molecule has 0 fully saturated rings. The van der Waals surface area contributed by atoms with Crippen LogP contribution >= 0.6 is 31.9 Å². The molecular formula is C15H14Br2FNO. The SMILES string of the molecule is CNC(c1ccccc1Br)c1cc(Br)c(F)cc1OC. The molecule has 1 N–H and O–H groups in total. The number of methoxy groups -OCH3 is 1. The van der Waals surface area contributed by atoms with Gasteiger partial charge >= 0.3 is 0 Å². The standard InChI is InChI=1S/C15H14Br2FNO/c1-19-15(9-5-3-4-6-11(9)16)10-7-12(17)13(18)8-14(10)20-2/h3-8,15,19H,1-2H3. The van der Waals surface area contributed by atoms with Gasteiger partial charge in [0.05, 0.1) is 17.6 Å². The summed E-state index contributed by atoms with van der Waals surface area (Å²) in [6.45, 7) is 0. The summed E-state index contributed by atoms with van der Waals surface area (Å²) in [4.78, 5) is 0. The third-order valence-electron chi connectivity index (χ3n) is 3.09. The van der Waals surface area contributed by atoms with E-state index < -0.39 is 0 Å². The Bertz CT molecular complexity index is 619. The van der Waals surface area contributed by atoms with Gasteiger partial charge in [-0.3, -0.25) is 0 Å². The number of hydrogen-bond donors (Lipinski definition) is 1. The van der Waals surface area contributed by atoms with Crippen LogP contribution in [0.15, 0.2) is 45.3 Å². The monoisotopic (exact) mass is 401 g/mol. The molecule has 2 aromatic carbocycles. The summed E-state index contributed by atoms with van der Waals surface area (Å²) < 4.78 is 20.4. The van der Waals surface area contributed by atoms with E-state index in [1.165, 1.54) is 6.07 Å². The first-order valence-electron chi connectivity index (χ1n) is 6.03. The van der Waals surface area contributed by atoms with Gasteiger partial charge in [0.1, 0.15) is 11.6 Å². The van der Waals surface area contributed by atoms with Crippen molar-refractivity contribution in [2.24, 2.45) is 0 Å². The van der Waals surface area contributed by atoms with Gasteiger partial charge in [-0.25, -0.2) is 4.39 Å². The van der Waals surface area contributed by atoms with E-state index in [1.807, 2.05) is 31.3 Å². The highest BCUT2D eigenvalue weighted by molar-refractivity contribution is 9.10. The van der Waals surface area contributed by atoms with Crippen molar-refractivity contribution in [2.45, 2.75) is 6.04 Å². The molecule has 5 heteroatoms. The van der Waals surface area contributed by atoms with Gasteiger partial charge in [-0.2, -0.15) is 0 Å². The molecule has 2 aromatic rings. The van der Waals surface area contributed by atoms with Crippen molar-refractivity contribution in [2.75, 3.05) is 14.2 Å². The molecule has 0 heterocycles. The smallest absolute Gasteiger partial charge is 0.141 e. The maximum Gasteiger partial charge on any atom is 0.141 e. The first-order valence-corrected chi connectivity index (χ1v) is 7.61. The van der Waals surface area contributed by atoms with Crippen LogP contribution in [0.1, 0.15) is 17.2 Å². The minimum Gasteiger partial charge on any atom is -0.496 e. The number of benzene rings is 2. The molecule has 1 atom stereocenters. The second-order valence-electron chi connectivity index (χ2n) is 4.25. The van der Waals surface area contributed by atoms with E-state index in [0.29, 0.717) is 10.2 Å². The molecule has 1 unspecified atom stereocenters. The first-order chi connectivity index (χ1) is 9.58. The van der Waals surface area contributed by atoms with E-state index in [2.05, 4.69) is 37.2 Å². The maximum absolute atomic E-state index is 13.6. The quantitative estimate of drug-likeness (QED) is 0.802. The molecule has 0 amide bonds. The summed E-state index contributed by atoms with van der Waals surface area (Å²) in [7, 11) is 3.40. The van der Waals surface area contributed by atoms with E-state index >= 15 is 0 Å². The van der Waals surface area contributed by atoms with Crippen LogP contribution in [0.5, 0.6) is 5.75 Å². The Kier molecular flexibility index (Phi) is 5.18. The van der Waals surface area contributed by atoms with Crippen LogP contribution in [0.3, 0.4) is 0 Å². The summed E-state index contributed by atoms with van der Waals surface area (Å²) >= 11 is 6.78. The van der Waals surface area contributed by atoms with E-state index in [1.54, 1.807) is 13.2 Å². The summed E-state index contributed by atoms with van der Waals surface area (Å²) in [5, 5.41) is 3.24. The zero-order valence-electron chi connectivity index (χ0n) is 11.1. The number of nitrogens with one attached hydrogen (secondary N) is 1. The molecule has 20 heavy (non-hydrogen) atoms. The maximum atomic E-state index is 13.6. The van der Waals surface area contributed by atoms with Crippen LogP contribution in [0, 0.1) is 5.82 Å². The molecule has 0 aliphatic carbocycles. The summed E-state index contributed by atoms with van der Waals surface area (Å²) in [6.07, 6.45) is 0. The lowest BCUT2D eigenvalue weighted by atomic mass is 9.98. The molecular weight excluding hydrogens is 389 g/mol. The van der Waals surface area contributed by atoms with E-state index in [4.69, 9.17) is 4.74 Å². The molecule has 0 spiro atoms. The van der Waals surface area contributed by atoms with Crippen molar-refractivity contribution in [1.29, 1.82) is 0 Å². The Hall–Kier alpha value is -0.910. The van der Waals surface area contributed by atoms with Crippen LogP contribution in [0.4, 0.5) is 4.39 Å². The van der Waals surface area contributed by atoms with Crippen molar-refractivity contribution >= 4 is 31.9 Å². The van der Waals surface area contributed by atoms with Gasteiger partial charge in [0.25, 0.3) is 0 Å². The third-order valence-corrected chi connectivity index (χ3v) is 4.42. The van der Waals surface area contributed by atoms with Gasteiger partial charge in [-0.15, -0.1) is 0 Å². The Balaban J connectivity index is 2.58. The minimum atomic E-state index is -0.340. The van der Waals surface area contributed by atoms with E-state index in [-0.39, 0.29) is 11.9 Å². The molecule has 0 aliphatic heterocycles. The van der Waals surface area contributed by atoms with Crippen LogP contribution in [-0.2, 0) is 0 Å². The van der Waals surface area contributed by atoms with Gasteiger partial charge in [0.15, 0.2) is 0 Å². The fraction of sp³-hybridized carbons (Fsp3) is 0.200. The van der Waals surface area contributed by atoms with Crippen LogP contribution in [0.2, 0.25) is 0 Å². The molecule has 106 valence electrons. The predicted molar refractivity (Wildman–Crippen MR) is 85.7 cm³/mol. The predicted octanol–water partition coefficient (Wildman–Crippen LogP) is 4.67. The Morgan fingerprint density at radius 3 is 2.40 bits per heavy atom. The normalized spacial score (nSPS) is 12.2. The molecule has 2 nitrogen and oxygen atoms in total. The summed E-state index contributed by atoms with van der Waals surface area (Å²) in [5.74, 6) is 0.174. The average Bonchev–Trinajstić information content (AvgIpc) is 2.45. The van der Waals surface area contributed by atoms with Crippen LogP contribution in [0.25, 0.3) is 0 Å². The average molecular weight is 403 g/mol. The van der Waals surface area contributed by atoms with Gasteiger partial charge in [-0.05, 0) is 40.7 Å². The molecule has 0 radical (unpaired) electrons. The molecule has 0 saturated heterocycles. The van der Waals surface area contributed by atoms with Gasteiger partial charge in [-0.1, -0.05) is 34.1 Å². The zero-order chi connectivity index (χ0) is 14.7. The third kappa shape index (κ3) is 3.05. The Morgan fingerprint density at radius 1 is 1.10 bits per heavy atom. The lowest BCUT2D eigenvalue weighted by Crippen LogP contribution is -2.19. The second kappa shape index (κ2) is 6.70. The van der Waals surface area contributed by atoms with E-state index in [9.17, 15) is 4.39 Å². The molecule has 0 bridgehead atoms. The minimum absolute atomic E-state index is 0.0996. The molecule has 2 rings (SSSR count). The number of ether oxygens (including phenoxy) is 1. The van der Waals surface area contributed by atoms with E-state index in [0.717, 1.165) is 15.6 Å². The molecule has 0 aromatic heterocycles.